The van der Waals surface area contributed by atoms with Crippen molar-refractivity contribution < 1.29 is 9.53 Å². The van der Waals surface area contributed by atoms with Gasteiger partial charge in [-0.1, -0.05) is 24.6 Å². The number of nitrogens with zero attached hydrogens (tertiary/aromatic N) is 1. The third-order valence-corrected chi connectivity index (χ3v) is 4.53. The summed E-state index contributed by atoms with van der Waals surface area (Å²) in [6, 6.07) is 10.9. The molecule has 0 bridgehead atoms. The first-order chi connectivity index (χ1) is 11.6. The van der Waals surface area contributed by atoms with Crippen LogP contribution in [0.1, 0.15) is 12.6 Å². The number of anilines is 1. The Morgan fingerprint density at radius 3 is 2.88 bits per heavy atom. The number of aromatic nitrogens is 1. The Morgan fingerprint density at radius 2 is 2.25 bits per heavy atom. The van der Waals surface area contributed by atoms with E-state index in [0.717, 1.165) is 18.8 Å². The lowest BCUT2D eigenvalue weighted by atomic mass is 9.88. The monoisotopic (exact) mass is 345 g/mol. The third kappa shape index (κ3) is 4.04. The summed E-state index contributed by atoms with van der Waals surface area (Å²) in [7, 11) is 0. The number of amides is 1. The zero-order valence-electron chi connectivity index (χ0n) is 13.5. The summed E-state index contributed by atoms with van der Waals surface area (Å²) in [5.41, 5.74) is 1.50. The van der Waals surface area contributed by atoms with Crippen molar-refractivity contribution in [3.05, 3.63) is 53.3 Å². The fraction of sp³-hybridized carbons (Fsp3) is 0.333. The van der Waals surface area contributed by atoms with Crippen LogP contribution in [0, 0.1) is 11.8 Å². The van der Waals surface area contributed by atoms with E-state index in [-0.39, 0.29) is 11.8 Å². The normalized spacial score (nSPS) is 15.4. The molecule has 2 heterocycles. The molecule has 1 atom stereocenters. The molecule has 2 N–H and O–H groups in total. The van der Waals surface area contributed by atoms with E-state index in [0.29, 0.717) is 29.0 Å². The Bertz CT molecular complexity index is 705. The zero-order chi connectivity index (χ0) is 16.9. The second-order valence-corrected chi connectivity index (χ2v) is 6.36. The highest BCUT2D eigenvalue weighted by atomic mass is 35.5. The maximum Gasteiger partial charge on any atom is 0.227 e. The van der Waals surface area contributed by atoms with Crippen LogP contribution in [0.2, 0.25) is 5.02 Å². The van der Waals surface area contributed by atoms with Crippen LogP contribution in [0.5, 0.6) is 5.75 Å². The highest BCUT2D eigenvalue weighted by Gasteiger charge is 2.28. The van der Waals surface area contributed by atoms with E-state index in [2.05, 4.69) is 15.6 Å². The van der Waals surface area contributed by atoms with Gasteiger partial charge in [-0.05, 0) is 49.3 Å². The molecule has 126 valence electrons. The quantitative estimate of drug-likeness (QED) is 0.844. The highest BCUT2D eigenvalue weighted by molar-refractivity contribution is 6.32. The lowest BCUT2D eigenvalue weighted by molar-refractivity contribution is -0.121. The van der Waals surface area contributed by atoms with Gasteiger partial charge in [0, 0.05) is 17.8 Å². The Kier molecular flexibility index (Phi) is 5.33. The minimum atomic E-state index is -0.0230. The van der Waals surface area contributed by atoms with Crippen molar-refractivity contribution in [1.82, 2.24) is 10.3 Å². The van der Waals surface area contributed by atoms with Gasteiger partial charge >= 0.3 is 0 Å². The summed E-state index contributed by atoms with van der Waals surface area (Å²) in [5, 5.41) is 6.56. The van der Waals surface area contributed by atoms with E-state index in [4.69, 9.17) is 16.3 Å². The number of halogens is 1. The molecule has 0 radical (unpaired) electrons. The smallest absolute Gasteiger partial charge is 0.227 e. The molecule has 0 aliphatic carbocycles. The number of benzene rings is 1. The maximum atomic E-state index is 12.2. The molecule has 6 heteroatoms. The first-order valence-corrected chi connectivity index (χ1v) is 8.35. The number of rotatable bonds is 6. The van der Waals surface area contributed by atoms with Gasteiger partial charge in [0.2, 0.25) is 5.91 Å². The van der Waals surface area contributed by atoms with Gasteiger partial charge < -0.3 is 15.4 Å². The Morgan fingerprint density at radius 1 is 1.42 bits per heavy atom. The van der Waals surface area contributed by atoms with Crippen molar-refractivity contribution in [3.63, 3.8) is 0 Å². The van der Waals surface area contributed by atoms with Crippen molar-refractivity contribution in [3.8, 4) is 5.75 Å². The standard InChI is InChI=1S/C18H20ClN3O2/c1-12(13-9-20-10-13)18(23)22-14-5-6-17(16(19)8-14)24-11-15-4-2-3-7-21-15/h2-8,12-13,20H,9-11H2,1H3,(H,22,23). The van der Waals surface area contributed by atoms with E-state index >= 15 is 0 Å². The highest BCUT2D eigenvalue weighted by Crippen LogP contribution is 2.29. The van der Waals surface area contributed by atoms with Crippen LogP contribution < -0.4 is 15.4 Å². The zero-order valence-corrected chi connectivity index (χ0v) is 14.2. The summed E-state index contributed by atoms with van der Waals surface area (Å²) < 4.78 is 5.68. The van der Waals surface area contributed by atoms with Crippen molar-refractivity contribution in [2.75, 3.05) is 18.4 Å². The van der Waals surface area contributed by atoms with Crippen LogP contribution in [0.25, 0.3) is 0 Å². The van der Waals surface area contributed by atoms with Crippen LogP contribution in [0.3, 0.4) is 0 Å². The average Bonchev–Trinajstić information content (AvgIpc) is 2.53. The summed E-state index contributed by atoms with van der Waals surface area (Å²) in [6.07, 6.45) is 1.72. The predicted molar refractivity (Wildman–Crippen MR) is 94.2 cm³/mol. The number of hydrogen-bond acceptors (Lipinski definition) is 4. The third-order valence-electron chi connectivity index (χ3n) is 4.23. The predicted octanol–water partition coefficient (Wildman–Crippen LogP) is 3.11. The molecule has 0 saturated carbocycles. The van der Waals surface area contributed by atoms with Gasteiger partial charge in [0.1, 0.15) is 12.4 Å². The molecule has 1 aromatic heterocycles. The Balaban J connectivity index is 1.58. The molecule has 0 spiro atoms. The summed E-state index contributed by atoms with van der Waals surface area (Å²) >= 11 is 6.25. The van der Waals surface area contributed by atoms with E-state index in [9.17, 15) is 4.79 Å². The minimum Gasteiger partial charge on any atom is -0.486 e. The molecule has 1 aliphatic heterocycles. The fourth-order valence-electron chi connectivity index (χ4n) is 2.47. The van der Waals surface area contributed by atoms with Crippen molar-refractivity contribution >= 4 is 23.2 Å². The second-order valence-electron chi connectivity index (χ2n) is 5.95. The summed E-state index contributed by atoms with van der Waals surface area (Å²) in [6.45, 7) is 4.09. The first kappa shape index (κ1) is 16.7. The molecule has 5 nitrogen and oxygen atoms in total. The van der Waals surface area contributed by atoms with E-state index in [1.54, 1.807) is 24.4 Å². The number of nitrogens with one attached hydrogen (secondary N) is 2. The number of carbonyl (C=O) groups excluding carboxylic acids is 1. The van der Waals surface area contributed by atoms with Gasteiger partial charge in [-0.15, -0.1) is 0 Å². The Hall–Kier alpha value is -2.11. The molecule has 1 unspecified atom stereocenters. The molecule has 3 rings (SSSR count). The van der Waals surface area contributed by atoms with Crippen molar-refractivity contribution in [2.45, 2.75) is 13.5 Å². The van der Waals surface area contributed by atoms with Crippen LogP contribution in [0.4, 0.5) is 5.69 Å². The maximum absolute atomic E-state index is 12.2. The molecule has 2 aromatic rings. The lowest BCUT2D eigenvalue weighted by Crippen LogP contribution is -2.48. The van der Waals surface area contributed by atoms with Crippen LogP contribution in [0.15, 0.2) is 42.6 Å². The van der Waals surface area contributed by atoms with Gasteiger partial charge in [0.15, 0.2) is 0 Å². The molecule has 1 amide bonds. The largest absolute Gasteiger partial charge is 0.486 e. The van der Waals surface area contributed by atoms with E-state index < -0.39 is 0 Å². The minimum absolute atomic E-state index is 0.0136. The molecule has 1 saturated heterocycles. The second kappa shape index (κ2) is 7.64. The van der Waals surface area contributed by atoms with Gasteiger partial charge in [-0.3, -0.25) is 9.78 Å². The molecule has 1 aromatic carbocycles. The molecular formula is C18H20ClN3O2. The average molecular weight is 346 g/mol. The number of ether oxygens (including phenoxy) is 1. The summed E-state index contributed by atoms with van der Waals surface area (Å²) in [4.78, 5) is 16.4. The fourth-order valence-corrected chi connectivity index (χ4v) is 2.70. The number of hydrogen-bond donors (Lipinski definition) is 2. The van der Waals surface area contributed by atoms with Crippen LogP contribution in [-0.4, -0.2) is 24.0 Å². The van der Waals surface area contributed by atoms with Gasteiger partial charge in [-0.25, -0.2) is 0 Å². The van der Waals surface area contributed by atoms with Crippen molar-refractivity contribution in [1.29, 1.82) is 0 Å². The molecule has 1 fully saturated rings. The van der Waals surface area contributed by atoms with Crippen LogP contribution >= 0.6 is 11.6 Å². The molecule has 24 heavy (non-hydrogen) atoms. The van der Waals surface area contributed by atoms with Gasteiger partial charge in [-0.2, -0.15) is 0 Å². The lowest BCUT2D eigenvalue weighted by Gasteiger charge is -2.31. The summed E-state index contributed by atoms with van der Waals surface area (Å²) in [5.74, 6) is 0.961. The van der Waals surface area contributed by atoms with Crippen LogP contribution in [-0.2, 0) is 11.4 Å². The van der Waals surface area contributed by atoms with E-state index in [1.165, 1.54) is 0 Å². The SMILES string of the molecule is CC(C(=O)Nc1ccc(OCc2ccccn2)c(Cl)c1)C1CNC1. The topological polar surface area (TPSA) is 63.2 Å². The van der Waals surface area contributed by atoms with Gasteiger partial charge in [0.25, 0.3) is 0 Å². The van der Waals surface area contributed by atoms with E-state index in [1.807, 2.05) is 25.1 Å². The van der Waals surface area contributed by atoms with Gasteiger partial charge in [0.05, 0.1) is 10.7 Å². The van der Waals surface area contributed by atoms with Crippen molar-refractivity contribution in [2.24, 2.45) is 11.8 Å². The Labute approximate surface area is 146 Å². The molecular weight excluding hydrogens is 326 g/mol. The molecule has 1 aliphatic rings. The number of pyridine rings is 1. The first-order valence-electron chi connectivity index (χ1n) is 7.97. The number of carbonyl (C=O) groups is 1.